The van der Waals surface area contributed by atoms with Gasteiger partial charge in [-0.2, -0.15) is 10.2 Å². The van der Waals surface area contributed by atoms with E-state index in [-0.39, 0.29) is 37.6 Å². The van der Waals surface area contributed by atoms with E-state index in [1.807, 2.05) is 69.3 Å². The zero-order chi connectivity index (χ0) is 40.3. The number of nitrogens with two attached hydrogens (primary N) is 1. The number of carbonyl (C=O) groups excluding carboxylic acids is 1. The summed E-state index contributed by atoms with van der Waals surface area (Å²) in [5.41, 5.74) is 7.78. The van der Waals surface area contributed by atoms with Crippen molar-refractivity contribution in [1.82, 2.24) is 29.1 Å². The van der Waals surface area contributed by atoms with Crippen LogP contribution in [0.3, 0.4) is 0 Å². The minimum atomic E-state index is -1.53. The number of benzene rings is 3. The van der Waals surface area contributed by atoms with E-state index >= 15 is 0 Å². The molecule has 7 rings (SSSR count). The Labute approximate surface area is 328 Å². The molecule has 302 valence electrons. The molecular formula is C40H47F2N9O6. The quantitative estimate of drug-likeness (QED) is 0.172. The highest BCUT2D eigenvalue weighted by Crippen LogP contribution is 2.38. The van der Waals surface area contributed by atoms with Gasteiger partial charge in [0.1, 0.15) is 67.8 Å². The molecular weight excluding hydrogens is 740 g/mol. The fraction of sp³-hybridized carbons (Fsp3) is 0.425. The molecule has 3 aromatic carbocycles. The Morgan fingerprint density at radius 2 is 1.60 bits per heavy atom. The third kappa shape index (κ3) is 9.00. The smallest absolute Gasteiger partial charge is 0.350 e. The molecule has 0 saturated carbocycles. The molecule has 2 fully saturated rings. The standard InChI is InChI=1S/C40H47F2N9O6/c1-27(43)37(52)56-36(39(2,3)4)20-51-38(53)50(26-46-51)31-8-6-29(7-9-31)47-15-17-48(18-16-47)30-10-12-32(13-11-30)54-21-33-22-55-40(57-33,23-49-25-44-24-45-49)34-14-5-28(41)19-35(34)42/h5-14,19,24-27,33,36H,15-18,20-23,43H2,1-4H3/t27-,33?,36?,40?/m0/s1. The zero-order valence-corrected chi connectivity index (χ0v) is 32.3. The molecule has 5 aromatic rings. The SMILES string of the molecule is C[C@H](N)C(=O)OC(Cn1ncn(-c2ccc(N3CCN(c4ccc(OCC5COC(Cn6cncn6)(c6ccc(F)cc6F)O5)cc4)CC3)cc2)c1=O)C(C)(C)C. The molecule has 2 aliphatic heterocycles. The molecule has 57 heavy (non-hydrogen) atoms. The van der Waals surface area contributed by atoms with Gasteiger partial charge in [-0.05, 0) is 67.6 Å². The van der Waals surface area contributed by atoms with E-state index in [2.05, 4.69) is 25.0 Å². The van der Waals surface area contributed by atoms with Crippen LogP contribution in [-0.4, -0.2) is 92.7 Å². The fourth-order valence-electron chi connectivity index (χ4n) is 6.80. The minimum absolute atomic E-state index is 0.0174. The summed E-state index contributed by atoms with van der Waals surface area (Å²) in [6.45, 7) is 11.0. The number of anilines is 2. The first-order valence-corrected chi connectivity index (χ1v) is 18.8. The second kappa shape index (κ2) is 16.4. The van der Waals surface area contributed by atoms with Crippen molar-refractivity contribution < 1.29 is 32.5 Å². The molecule has 0 bridgehead atoms. The summed E-state index contributed by atoms with van der Waals surface area (Å²) in [6.07, 6.45) is 3.18. The number of hydrogen-bond donors (Lipinski definition) is 1. The third-order valence-corrected chi connectivity index (χ3v) is 10.1. The maximum absolute atomic E-state index is 14.9. The largest absolute Gasteiger partial charge is 0.491 e. The van der Waals surface area contributed by atoms with Gasteiger partial charge in [0.05, 0.1) is 18.8 Å². The lowest BCUT2D eigenvalue weighted by atomic mass is 9.89. The Hall–Kier alpha value is -5.65. The molecule has 2 N–H and O–H groups in total. The summed E-state index contributed by atoms with van der Waals surface area (Å²) in [4.78, 5) is 34.1. The van der Waals surface area contributed by atoms with Crippen LogP contribution in [0.25, 0.3) is 5.69 Å². The summed E-state index contributed by atoms with van der Waals surface area (Å²) < 4.78 is 56.8. The lowest BCUT2D eigenvalue weighted by molar-refractivity contribution is -0.192. The normalized spacial score (nSPS) is 19.7. The average Bonchev–Trinajstić information content (AvgIpc) is 3.95. The Bertz CT molecular complexity index is 2180. The van der Waals surface area contributed by atoms with Crippen LogP contribution in [-0.2, 0) is 37.9 Å². The van der Waals surface area contributed by atoms with Gasteiger partial charge in [-0.15, -0.1) is 0 Å². The topological polar surface area (TPSA) is 157 Å². The number of ether oxygens (including phenoxy) is 4. The van der Waals surface area contributed by atoms with Gasteiger partial charge in [0.15, 0.2) is 0 Å². The molecule has 0 radical (unpaired) electrons. The van der Waals surface area contributed by atoms with Gasteiger partial charge in [-0.1, -0.05) is 20.8 Å². The predicted octanol–water partition coefficient (Wildman–Crippen LogP) is 3.88. The van der Waals surface area contributed by atoms with Gasteiger partial charge < -0.3 is 34.5 Å². The van der Waals surface area contributed by atoms with E-state index < -0.39 is 47.1 Å². The molecule has 4 atom stereocenters. The number of rotatable bonds is 13. The van der Waals surface area contributed by atoms with Crippen molar-refractivity contribution in [3.63, 3.8) is 0 Å². The first kappa shape index (κ1) is 39.6. The molecule has 0 aliphatic carbocycles. The molecule has 0 amide bonds. The Morgan fingerprint density at radius 3 is 2.19 bits per heavy atom. The maximum atomic E-state index is 14.9. The highest BCUT2D eigenvalue weighted by atomic mass is 19.1. The summed E-state index contributed by atoms with van der Waals surface area (Å²) in [7, 11) is 0. The number of piperazine rings is 1. The van der Waals surface area contributed by atoms with Gasteiger partial charge in [-0.25, -0.2) is 32.5 Å². The van der Waals surface area contributed by atoms with Crippen LogP contribution >= 0.6 is 0 Å². The second-order valence-electron chi connectivity index (χ2n) is 15.4. The highest BCUT2D eigenvalue weighted by Gasteiger charge is 2.46. The van der Waals surface area contributed by atoms with Crippen LogP contribution in [0.5, 0.6) is 5.75 Å². The second-order valence-corrected chi connectivity index (χ2v) is 15.4. The number of halogens is 2. The van der Waals surface area contributed by atoms with Crippen molar-refractivity contribution in [1.29, 1.82) is 0 Å². The summed E-state index contributed by atoms with van der Waals surface area (Å²) in [6, 6.07) is 18.1. The van der Waals surface area contributed by atoms with Gasteiger partial charge >= 0.3 is 11.7 Å². The molecule has 0 spiro atoms. The summed E-state index contributed by atoms with van der Waals surface area (Å²) >= 11 is 0. The molecule has 4 heterocycles. The van der Waals surface area contributed by atoms with E-state index in [0.717, 1.165) is 43.6 Å². The van der Waals surface area contributed by atoms with E-state index in [1.54, 1.807) is 6.92 Å². The van der Waals surface area contributed by atoms with E-state index in [0.29, 0.717) is 11.4 Å². The lowest BCUT2D eigenvalue weighted by Gasteiger charge is -2.37. The molecule has 2 aliphatic rings. The number of aromatic nitrogens is 6. The Kier molecular flexibility index (Phi) is 11.4. The van der Waals surface area contributed by atoms with Crippen molar-refractivity contribution in [2.75, 3.05) is 49.2 Å². The van der Waals surface area contributed by atoms with Crippen LogP contribution in [0.15, 0.2) is 90.5 Å². The average molecular weight is 788 g/mol. The number of esters is 1. The van der Waals surface area contributed by atoms with Gasteiger partial charge in [0.2, 0.25) is 5.79 Å². The molecule has 2 aromatic heterocycles. The van der Waals surface area contributed by atoms with Crippen molar-refractivity contribution >= 4 is 17.3 Å². The number of carbonyl (C=O) groups is 1. The van der Waals surface area contributed by atoms with E-state index in [4.69, 9.17) is 24.7 Å². The van der Waals surface area contributed by atoms with E-state index in [9.17, 15) is 18.4 Å². The van der Waals surface area contributed by atoms with Crippen LogP contribution in [0, 0.1) is 17.0 Å². The van der Waals surface area contributed by atoms with Gasteiger partial charge in [0.25, 0.3) is 0 Å². The van der Waals surface area contributed by atoms with Crippen molar-refractivity contribution in [3.8, 4) is 11.4 Å². The van der Waals surface area contributed by atoms with Crippen LogP contribution in [0.4, 0.5) is 20.2 Å². The monoisotopic (exact) mass is 787 g/mol. The highest BCUT2D eigenvalue weighted by molar-refractivity contribution is 5.75. The van der Waals surface area contributed by atoms with Crippen molar-refractivity contribution in [2.45, 2.75) is 64.8 Å². The molecule has 17 heteroatoms. The van der Waals surface area contributed by atoms with Crippen molar-refractivity contribution in [2.24, 2.45) is 11.1 Å². The third-order valence-electron chi connectivity index (χ3n) is 10.1. The molecule has 15 nitrogen and oxygen atoms in total. The minimum Gasteiger partial charge on any atom is -0.491 e. The van der Waals surface area contributed by atoms with Crippen LogP contribution < -0.4 is 26.0 Å². The number of hydrogen-bond acceptors (Lipinski definition) is 12. The van der Waals surface area contributed by atoms with E-state index in [1.165, 1.54) is 45.0 Å². The Morgan fingerprint density at radius 1 is 0.947 bits per heavy atom. The van der Waals surface area contributed by atoms with Crippen LogP contribution in [0.1, 0.15) is 33.3 Å². The van der Waals surface area contributed by atoms with Gasteiger partial charge in [-0.3, -0.25) is 4.79 Å². The van der Waals surface area contributed by atoms with Crippen molar-refractivity contribution in [3.05, 3.63) is 113 Å². The number of nitrogens with zero attached hydrogens (tertiary/aromatic N) is 8. The maximum Gasteiger partial charge on any atom is 0.350 e. The van der Waals surface area contributed by atoms with Gasteiger partial charge in [0, 0.05) is 54.6 Å². The first-order valence-electron chi connectivity index (χ1n) is 18.8. The molecule has 3 unspecified atom stereocenters. The zero-order valence-electron chi connectivity index (χ0n) is 32.3. The summed E-state index contributed by atoms with van der Waals surface area (Å²) in [5, 5.41) is 8.40. The lowest BCUT2D eigenvalue weighted by Crippen LogP contribution is -2.46. The molecule has 2 saturated heterocycles. The summed E-state index contributed by atoms with van der Waals surface area (Å²) in [5.74, 6) is -2.89. The predicted molar refractivity (Wildman–Crippen MR) is 206 cm³/mol. The Balaban J connectivity index is 0.911. The van der Waals surface area contributed by atoms with Crippen LogP contribution in [0.2, 0.25) is 0 Å². The fourth-order valence-corrected chi connectivity index (χ4v) is 6.80. The first-order chi connectivity index (χ1) is 27.3.